The van der Waals surface area contributed by atoms with E-state index in [0.717, 1.165) is 44.4 Å². The second-order valence-corrected chi connectivity index (χ2v) is 8.65. The summed E-state index contributed by atoms with van der Waals surface area (Å²) in [6.45, 7) is 8.33. The van der Waals surface area contributed by atoms with Crippen molar-refractivity contribution in [2.45, 2.75) is 59.3 Å². The molecule has 5 nitrogen and oxygen atoms in total. The minimum atomic E-state index is -0.749. The van der Waals surface area contributed by atoms with Crippen LogP contribution in [0.5, 0.6) is 0 Å². The van der Waals surface area contributed by atoms with Crippen molar-refractivity contribution in [1.82, 2.24) is 4.90 Å². The Kier molecular flexibility index (Phi) is 7.09. The summed E-state index contributed by atoms with van der Waals surface area (Å²) in [6.07, 6.45) is 4.36. The highest BCUT2D eigenvalue weighted by Gasteiger charge is 2.35. The van der Waals surface area contributed by atoms with E-state index in [2.05, 4.69) is 39.0 Å². The van der Waals surface area contributed by atoms with Crippen LogP contribution in [0.4, 0.5) is 0 Å². The van der Waals surface area contributed by atoms with Crippen molar-refractivity contribution >= 4 is 17.6 Å². The fourth-order valence-corrected chi connectivity index (χ4v) is 4.90. The summed E-state index contributed by atoms with van der Waals surface area (Å²) in [4.78, 5) is 31.2. The Balaban J connectivity index is 1.81. The second kappa shape index (κ2) is 9.55. The van der Waals surface area contributed by atoms with Gasteiger partial charge in [-0.05, 0) is 68.1 Å². The number of nitrogens with zero attached hydrogens (tertiary/aromatic N) is 2. The van der Waals surface area contributed by atoms with Crippen molar-refractivity contribution in [3.8, 4) is 0 Å². The Hall–Kier alpha value is -2.17. The predicted molar refractivity (Wildman–Crippen MR) is 115 cm³/mol. The van der Waals surface area contributed by atoms with E-state index in [-0.39, 0.29) is 30.1 Å². The Morgan fingerprint density at radius 3 is 2.69 bits per heavy atom. The quantitative estimate of drug-likeness (QED) is 0.751. The molecule has 2 aliphatic rings. The maximum Gasteiger partial charge on any atom is 0.303 e. The van der Waals surface area contributed by atoms with Crippen LogP contribution in [0.25, 0.3) is 0 Å². The number of aryl methyl sites for hydroxylation is 1. The third kappa shape index (κ3) is 5.06. The number of amides is 1. The van der Waals surface area contributed by atoms with E-state index < -0.39 is 5.97 Å². The molecule has 0 spiro atoms. The van der Waals surface area contributed by atoms with E-state index in [0.29, 0.717) is 13.1 Å². The van der Waals surface area contributed by atoms with Gasteiger partial charge in [0.1, 0.15) is 0 Å². The van der Waals surface area contributed by atoms with Crippen molar-refractivity contribution in [2.24, 2.45) is 22.7 Å². The molecule has 0 saturated carbocycles. The number of fused-ring (bicyclic) bond motifs is 1. The highest BCUT2D eigenvalue weighted by atomic mass is 16.4. The van der Waals surface area contributed by atoms with Crippen LogP contribution in [0, 0.1) is 24.7 Å². The lowest BCUT2D eigenvalue weighted by Gasteiger charge is -2.40. The number of carbonyl (C=O) groups excluding carboxylic acids is 1. The van der Waals surface area contributed by atoms with Crippen molar-refractivity contribution < 1.29 is 14.7 Å². The second-order valence-electron chi connectivity index (χ2n) is 8.65. The van der Waals surface area contributed by atoms with Crippen molar-refractivity contribution in [2.75, 3.05) is 19.6 Å². The Morgan fingerprint density at radius 1 is 1.24 bits per heavy atom. The van der Waals surface area contributed by atoms with E-state index in [1.54, 1.807) is 0 Å². The molecule has 1 N–H and O–H groups in total. The lowest BCUT2D eigenvalue weighted by molar-refractivity contribution is -0.141. The monoisotopic (exact) mass is 398 g/mol. The van der Waals surface area contributed by atoms with Crippen LogP contribution in [-0.2, 0) is 16.0 Å². The number of benzene rings is 1. The topological polar surface area (TPSA) is 70.0 Å². The summed E-state index contributed by atoms with van der Waals surface area (Å²) in [6, 6.07) is 6.54. The minimum absolute atomic E-state index is 0.0714. The molecule has 0 radical (unpaired) electrons. The molecule has 2 unspecified atom stereocenters. The molecule has 1 fully saturated rings. The molecule has 3 rings (SSSR count). The Labute approximate surface area is 174 Å². The number of carboxylic acid groups (broad SMARTS) is 1. The first kappa shape index (κ1) is 21.5. The fraction of sp³-hybridized carbons (Fsp3) is 0.625. The van der Waals surface area contributed by atoms with Gasteiger partial charge in [0, 0.05) is 37.7 Å². The average molecular weight is 399 g/mol. The highest BCUT2D eigenvalue weighted by Crippen LogP contribution is 2.33. The highest BCUT2D eigenvalue weighted by molar-refractivity contribution is 6.03. The number of carboxylic acids is 1. The number of rotatable bonds is 7. The van der Waals surface area contributed by atoms with Crippen LogP contribution in [0.1, 0.15) is 62.6 Å². The van der Waals surface area contributed by atoms with E-state index in [1.807, 2.05) is 4.90 Å². The minimum Gasteiger partial charge on any atom is -0.481 e. The third-order valence-electron chi connectivity index (χ3n) is 6.69. The number of piperidine rings is 1. The van der Waals surface area contributed by atoms with Crippen molar-refractivity contribution in [3.05, 3.63) is 34.9 Å². The van der Waals surface area contributed by atoms with E-state index in [1.165, 1.54) is 16.7 Å². The summed E-state index contributed by atoms with van der Waals surface area (Å²) < 4.78 is 0. The van der Waals surface area contributed by atoms with E-state index in [4.69, 9.17) is 4.99 Å². The number of hydrogen-bond acceptors (Lipinski definition) is 3. The third-order valence-corrected chi connectivity index (χ3v) is 6.69. The molecular weight excluding hydrogens is 364 g/mol. The largest absolute Gasteiger partial charge is 0.481 e. The zero-order valence-electron chi connectivity index (χ0n) is 18.0. The Bertz CT molecular complexity index is 782. The molecule has 1 aromatic carbocycles. The van der Waals surface area contributed by atoms with E-state index in [9.17, 15) is 14.7 Å². The van der Waals surface area contributed by atoms with Gasteiger partial charge >= 0.3 is 5.97 Å². The summed E-state index contributed by atoms with van der Waals surface area (Å²) in [5.41, 5.74) is 4.85. The molecule has 0 aliphatic carbocycles. The van der Waals surface area contributed by atoms with Crippen molar-refractivity contribution in [3.63, 3.8) is 0 Å². The molecular formula is C24H34N2O3. The van der Waals surface area contributed by atoms with Crippen LogP contribution in [0.3, 0.4) is 0 Å². The number of aliphatic imine (C=N–C) groups is 1. The van der Waals surface area contributed by atoms with Gasteiger partial charge in [-0.15, -0.1) is 0 Å². The summed E-state index contributed by atoms with van der Waals surface area (Å²) in [5.74, 6) is -0.209. The summed E-state index contributed by atoms with van der Waals surface area (Å²) >= 11 is 0. The lowest BCUT2D eigenvalue weighted by Crippen LogP contribution is -2.47. The molecule has 158 valence electrons. The zero-order valence-corrected chi connectivity index (χ0v) is 18.0. The smallest absolute Gasteiger partial charge is 0.303 e. The maximum absolute atomic E-state index is 12.9. The van der Waals surface area contributed by atoms with Gasteiger partial charge in [0.2, 0.25) is 5.91 Å². The molecule has 2 atom stereocenters. The van der Waals surface area contributed by atoms with Gasteiger partial charge in [-0.3, -0.25) is 14.6 Å². The van der Waals surface area contributed by atoms with Crippen LogP contribution < -0.4 is 0 Å². The van der Waals surface area contributed by atoms with Crippen molar-refractivity contribution in [1.29, 1.82) is 0 Å². The first-order valence-electron chi connectivity index (χ1n) is 11.1. The molecule has 0 bridgehead atoms. The number of hydrogen-bond donors (Lipinski definition) is 1. The number of aliphatic carboxylic acids is 1. The van der Waals surface area contributed by atoms with Gasteiger partial charge in [-0.1, -0.05) is 31.5 Å². The molecule has 2 aliphatic heterocycles. The van der Waals surface area contributed by atoms with Gasteiger partial charge in [0.05, 0.1) is 0 Å². The zero-order chi connectivity index (χ0) is 21.0. The fourth-order valence-electron chi connectivity index (χ4n) is 4.90. The van der Waals surface area contributed by atoms with Gasteiger partial charge in [-0.25, -0.2) is 0 Å². The molecule has 1 aromatic rings. The molecule has 2 heterocycles. The molecule has 1 saturated heterocycles. The maximum atomic E-state index is 12.9. The van der Waals surface area contributed by atoms with Crippen LogP contribution in [-0.4, -0.2) is 47.2 Å². The Morgan fingerprint density at radius 2 is 2.00 bits per heavy atom. The normalized spacial score (nSPS) is 21.7. The molecule has 5 heteroatoms. The molecule has 1 amide bonds. The SMILES string of the molecule is CCC(CC)C(=O)N1CCC(CC(=O)O)C(CC2=NCCc3ccc(C)cc32)C1. The van der Waals surface area contributed by atoms with E-state index >= 15 is 0 Å². The van der Waals surface area contributed by atoms with Gasteiger partial charge in [0.25, 0.3) is 0 Å². The number of likely N-dealkylation sites (tertiary alicyclic amines) is 1. The average Bonchev–Trinajstić information content (AvgIpc) is 2.70. The van der Waals surface area contributed by atoms with Crippen LogP contribution >= 0.6 is 0 Å². The lowest BCUT2D eigenvalue weighted by atomic mass is 9.78. The first-order valence-corrected chi connectivity index (χ1v) is 11.1. The standard InChI is InChI=1S/C24H34N2O3/c1-4-17(5-2)24(29)26-11-9-19(14-23(27)28)20(15-26)13-22-21-12-16(3)6-7-18(21)8-10-25-22/h6-7,12,17,19-20H,4-5,8-11,13-15H2,1-3H3,(H,27,28). The van der Waals surface area contributed by atoms with Crippen LogP contribution in [0.15, 0.2) is 23.2 Å². The predicted octanol–water partition coefficient (Wildman–Crippen LogP) is 4.11. The molecule has 29 heavy (non-hydrogen) atoms. The van der Waals surface area contributed by atoms with Gasteiger partial charge < -0.3 is 10.0 Å². The van der Waals surface area contributed by atoms with Gasteiger partial charge in [-0.2, -0.15) is 0 Å². The first-order chi connectivity index (χ1) is 13.9. The summed E-state index contributed by atoms with van der Waals surface area (Å²) in [7, 11) is 0. The number of carbonyl (C=O) groups is 2. The summed E-state index contributed by atoms with van der Waals surface area (Å²) in [5, 5.41) is 9.41. The molecule has 0 aromatic heterocycles. The van der Waals surface area contributed by atoms with Gasteiger partial charge in [0.15, 0.2) is 0 Å². The van der Waals surface area contributed by atoms with Crippen LogP contribution in [0.2, 0.25) is 0 Å².